The van der Waals surface area contributed by atoms with E-state index in [1.165, 1.54) is 12.1 Å². The first kappa shape index (κ1) is 12.7. The van der Waals surface area contributed by atoms with Crippen molar-refractivity contribution in [2.24, 2.45) is 0 Å². The lowest BCUT2D eigenvalue weighted by Crippen LogP contribution is -1.95. The summed E-state index contributed by atoms with van der Waals surface area (Å²) in [5, 5.41) is 21.2. The highest BCUT2D eigenvalue weighted by molar-refractivity contribution is 5.66. The molecule has 9 heteroatoms. The normalized spacial score (nSPS) is 10.3. The van der Waals surface area contributed by atoms with E-state index in [1.807, 2.05) is 0 Å². The first-order chi connectivity index (χ1) is 10.2. The molecule has 104 valence electrons. The van der Waals surface area contributed by atoms with Gasteiger partial charge < -0.3 is 4.42 Å². The van der Waals surface area contributed by atoms with Crippen LogP contribution in [0.25, 0.3) is 11.5 Å². The molecule has 0 bridgehead atoms. The maximum absolute atomic E-state index is 11.0. The molecule has 1 N–H and O–H groups in total. The summed E-state index contributed by atoms with van der Waals surface area (Å²) in [6.07, 6.45) is 3.10. The van der Waals surface area contributed by atoms with Crippen molar-refractivity contribution >= 4 is 17.7 Å². The number of hydrogen-bond donors (Lipinski definition) is 1. The lowest BCUT2D eigenvalue weighted by Gasteiger charge is -1.98. The van der Waals surface area contributed by atoms with Crippen molar-refractivity contribution < 1.29 is 9.34 Å². The first-order valence-corrected chi connectivity index (χ1v) is 5.85. The van der Waals surface area contributed by atoms with Crippen LogP contribution in [0.4, 0.5) is 17.7 Å². The summed E-state index contributed by atoms with van der Waals surface area (Å²) >= 11 is 0. The largest absolute Gasteiger partial charge is 0.403 e. The van der Waals surface area contributed by atoms with Crippen LogP contribution < -0.4 is 5.32 Å². The number of benzene rings is 1. The quantitative estimate of drug-likeness (QED) is 0.571. The van der Waals surface area contributed by atoms with Crippen LogP contribution >= 0.6 is 0 Å². The Kier molecular flexibility index (Phi) is 3.21. The maximum Gasteiger partial charge on any atom is 0.322 e. The van der Waals surface area contributed by atoms with Crippen molar-refractivity contribution in [1.29, 1.82) is 0 Å². The summed E-state index contributed by atoms with van der Waals surface area (Å²) in [5.74, 6) is 0.330. The average molecular weight is 284 g/mol. The average Bonchev–Trinajstić information content (AvgIpc) is 2.96. The smallest absolute Gasteiger partial charge is 0.322 e. The summed E-state index contributed by atoms with van der Waals surface area (Å²) < 4.78 is 5.35. The number of nitrogens with one attached hydrogen (secondary N) is 1. The number of nitro groups is 1. The third-order valence-electron chi connectivity index (χ3n) is 2.54. The number of anilines is 2. The molecule has 2 aromatic heterocycles. The highest BCUT2D eigenvalue weighted by atomic mass is 16.6. The summed E-state index contributed by atoms with van der Waals surface area (Å²) in [6.45, 7) is 0. The maximum atomic E-state index is 11.0. The minimum absolute atomic E-state index is 0.0423. The first-order valence-electron chi connectivity index (χ1n) is 5.85. The molecule has 0 atom stereocenters. The Morgan fingerprint density at radius 3 is 2.62 bits per heavy atom. The molecule has 21 heavy (non-hydrogen) atoms. The fraction of sp³-hybridized carbons (Fsp3) is 0. The Morgan fingerprint density at radius 2 is 1.86 bits per heavy atom. The molecule has 0 aliphatic heterocycles. The van der Waals surface area contributed by atoms with Gasteiger partial charge in [0.2, 0.25) is 5.95 Å². The summed E-state index contributed by atoms with van der Waals surface area (Å²) in [6, 6.07) is 7.84. The zero-order valence-electron chi connectivity index (χ0n) is 10.5. The van der Waals surface area contributed by atoms with Gasteiger partial charge in [-0.2, -0.15) is 0 Å². The van der Waals surface area contributed by atoms with Gasteiger partial charge in [0.15, 0.2) is 0 Å². The second-order valence-electron chi connectivity index (χ2n) is 3.88. The Morgan fingerprint density at radius 1 is 1.10 bits per heavy atom. The molecule has 2 heterocycles. The Balaban J connectivity index is 1.90. The van der Waals surface area contributed by atoms with Crippen molar-refractivity contribution in [3.8, 4) is 11.5 Å². The highest BCUT2D eigenvalue weighted by Gasteiger charge is 2.19. The molecule has 3 rings (SSSR count). The second-order valence-corrected chi connectivity index (χ2v) is 3.88. The fourth-order valence-electron chi connectivity index (χ4n) is 1.66. The second kappa shape index (κ2) is 5.33. The minimum atomic E-state index is -0.507. The van der Waals surface area contributed by atoms with Crippen LogP contribution in [0, 0.1) is 10.1 Å². The number of para-hydroxylation sites is 1. The van der Waals surface area contributed by atoms with E-state index in [-0.39, 0.29) is 29.1 Å². The molecule has 0 spiro atoms. The number of rotatable bonds is 4. The van der Waals surface area contributed by atoms with Gasteiger partial charge in [0, 0.05) is 18.5 Å². The summed E-state index contributed by atoms with van der Waals surface area (Å²) in [4.78, 5) is 18.4. The predicted molar refractivity (Wildman–Crippen MR) is 71.7 cm³/mol. The van der Waals surface area contributed by atoms with Gasteiger partial charge in [0.25, 0.3) is 11.6 Å². The third kappa shape index (κ3) is 2.66. The van der Waals surface area contributed by atoms with E-state index < -0.39 is 4.92 Å². The molecule has 0 unspecified atom stereocenters. The van der Waals surface area contributed by atoms with Crippen LogP contribution in [0.15, 0.2) is 47.1 Å². The lowest BCUT2D eigenvalue weighted by atomic mass is 10.2. The van der Waals surface area contributed by atoms with E-state index in [4.69, 9.17) is 4.42 Å². The van der Waals surface area contributed by atoms with E-state index in [0.717, 1.165) is 0 Å². The van der Waals surface area contributed by atoms with Crippen molar-refractivity contribution in [2.75, 3.05) is 5.32 Å². The Hall–Kier alpha value is -3.36. The lowest BCUT2D eigenvalue weighted by molar-refractivity contribution is -0.384. The Bertz CT molecular complexity index is 773. The van der Waals surface area contributed by atoms with Crippen LogP contribution in [0.1, 0.15) is 0 Å². The van der Waals surface area contributed by atoms with Crippen LogP contribution in [-0.2, 0) is 0 Å². The number of aromatic nitrogens is 4. The van der Waals surface area contributed by atoms with Gasteiger partial charge in [-0.3, -0.25) is 15.4 Å². The SMILES string of the molecule is O=[N+]([O-])c1ccccc1-c1nnc(Nc2ncccn2)o1. The van der Waals surface area contributed by atoms with Gasteiger partial charge in [0.05, 0.1) is 4.92 Å². The zero-order chi connectivity index (χ0) is 14.7. The van der Waals surface area contributed by atoms with Crippen molar-refractivity contribution in [3.63, 3.8) is 0 Å². The molecule has 0 fully saturated rings. The minimum Gasteiger partial charge on any atom is -0.403 e. The molecular weight excluding hydrogens is 276 g/mol. The van der Waals surface area contributed by atoms with Gasteiger partial charge in [-0.05, 0) is 12.1 Å². The van der Waals surface area contributed by atoms with Gasteiger partial charge in [-0.25, -0.2) is 9.97 Å². The standard InChI is InChI=1S/C12H8N6O3/c19-18(20)9-5-2-1-4-8(9)10-16-17-12(21-10)15-11-13-6-3-7-14-11/h1-7H,(H,13,14,15,17). The number of nitrogens with zero attached hydrogens (tertiary/aromatic N) is 5. The molecule has 0 amide bonds. The van der Waals surface area contributed by atoms with Gasteiger partial charge in [-0.1, -0.05) is 17.2 Å². The van der Waals surface area contributed by atoms with Crippen LogP contribution in [0.5, 0.6) is 0 Å². The van der Waals surface area contributed by atoms with Gasteiger partial charge in [-0.15, -0.1) is 5.10 Å². The molecule has 1 aromatic carbocycles. The summed E-state index contributed by atoms with van der Waals surface area (Å²) in [5.41, 5.74) is 0.140. The monoisotopic (exact) mass is 284 g/mol. The molecule has 0 aliphatic carbocycles. The van der Waals surface area contributed by atoms with E-state index >= 15 is 0 Å². The number of hydrogen-bond acceptors (Lipinski definition) is 8. The van der Waals surface area contributed by atoms with Crippen molar-refractivity contribution in [1.82, 2.24) is 20.2 Å². The molecule has 0 aliphatic rings. The van der Waals surface area contributed by atoms with Crippen LogP contribution in [-0.4, -0.2) is 25.1 Å². The highest BCUT2D eigenvalue weighted by Crippen LogP contribution is 2.29. The van der Waals surface area contributed by atoms with E-state index in [1.54, 1.807) is 30.6 Å². The zero-order valence-corrected chi connectivity index (χ0v) is 10.5. The molecular formula is C12H8N6O3. The van der Waals surface area contributed by atoms with E-state index in [0.29, 0.717) is 0 Å². The topological polar surface area (TPSA) is 120 Å². The Labute approximate surface area is 117 Å². The fourth-order valence-corrected chi connectivity index (χ4v) is 1.66. The van der Waals surface area contributed by atoms with Gasteiger partial charge in [0.1, 0.15) is 5.56 Å². The molecule has 3 aromatic rings. The van der Waals surface area contributed by atoms with Crippen molar-refractivity contribution in [2.45, 2.75) is 0 Å². The summed E-state index contributed by atoms with van der Waals surface area (Å²) in [7, 11) is 0. The van der Waals surface area contributed by atoms with E-state index in [9.17, 15) is 10.1 Å². The predicted octanol–water partition coefficient (Wildman–Crippen LogP) is 2.18. The number of nitro benzene ring substituents is 1. The third-order valence-corrected chi connectivity index (χ3v) is 2.54. The van der Waals surface area contributed by atoms with Crippen LogP contribution in [0.3, 0.4) is 0 Å². The molecule has 0 saturated heterocycles. The van der Waals surface area contributed by atoms with Crippen molar-refractivity contribution in [3.05, 3.63) is 52.8 Å². The van der Waals surface area contributed by atoms with Crippen LogP contribution in [0.2, 0.25) is 0 Å². The molecule has 0 radical (unpaired) electrons. The molecule has 9 nitrogen and oxygen atoms in total. The van der Waals surface area contributed by atoms with Gasteiger partial charge >= 0.3 is 6.01 Å². The van der Waals surface area contributed by atoms with E-state index in [2.05, 4.69) is 25.5 Å². The molecule has 0 saturated carbocycles.